The van der Waals surface area contributed by atoms with Crippen molar-refractivity contribution < 1.29 is 28.6 Å². The van der Waals surface area contributed by atoms with Gasteiger partial charge in [0.25, 0.3) is 11.7 Å². The zero-order valence-electron chi connectivity index (χ0n) is 20.9. The maximum absolute atomic E-state index is 13.8. The van der Waals surface area contributed by atoms with E-state index in [2.05, 4.69) is 4.90 Å². The lowest BCUT2D eigenvalue weighted by Crippen LogP contribution is -2.29. The third-order valence-electron chi connectivity index (χ3n) is 6.96. The second-order valence-electron chi connectivity index (χ2n) is 9.12. The third kappa shape index (κ3) is 4.45. The first kappa shape index (κ1) is 25.6. The first-order chi connectivity index (χ1) is 18.3. The van der Waals surface area contributed by atoms with Crippen molar-refractivity contribution in [2.24, 2.45) is 0 Å². The zero-order chi connectivity index (χ0) is 27.0. The number of anilines is 2. The van der Waals surface area contributed by atoms with Crippen molar-refractivity contribution in [1.29, 1.82) is 0 Å². The highest BCUT2D eigenvalue weighted by molar-refractivity contribution is 6.51. The number of halogens is 2. The molecule has 9 heteroatoms. The number of aliphatic hydroxyl groups is 1. The Balaban J connectivity index is 1.66. The number of hydrogen-bond donors (Lipinski definition) is 1. The molecule has 0 aromatic heterocycles. The number of ketones is 1. The van der Waals surface area contributed by atoms with Crippen molar-refractivity contribution in [2.75, 3.05) is 37.1 Å². The normalized spacial score (nSPS) is 18.8. The number of Topliss-reactive ketones (excluding diaryl/α,β-unsaturated/α-hetero) is 1. The van der Waals surface area contributed by atoms with Crippen LogP contribution in [0.15, 0.2) is 66.2 Å². The molecule has 1 unspecified atom stereocenters. The minimum atomic E-state index is -1.01. The average molecular weight is 537 g/mol. The summed E-state index contributed by atoms with van der Waals surface area (Å²) < 4.78 is 24.5. The molecule has 2 aliphatic heterocycles. The van der Waals surface area contributed by atoms with Gasteiger partial charge in [-0.15, -0.1) is 0 Å². The summed E-state index contributed by atoms with van der Waals surface area (Å²) >= 11 is 6.32. The van der Waals surface area contributed by atoms with Crippen LogP contribution < -0.4 is 19.3 Å². The largest absolute Gasteiger partial charge is 0.507 e. The molecule has 2 heterocycles. The average Bonchev–Trinajstić information content (AvgIpc) is 3.56. The molecule has 0 spiro atoms. The quantitative estimate of drug-likeness (QED) is 0.246. The highest BCUT2D eigenvalue weighted by Gasteiger charge is 2.47. The van der Waals surface area contributed by atoms with Gasteiger partial charge in [0.2, 0.25) is 0 Å². The predicted octanol–water partition coefficient (Wildman–Crippen LogP) is 5.72. The molecule has 1 N–H and O–H groups in total. The predicted molar refractivity (Wildman–Crippen MR) is 144 cm³/mol. The van der Waals surface area contributed by atoms with Gasteiger partial charge < -0.3 is 19.5 Å². The van der Waals surface area contributed by atoms with Crippen LogP contribution in [0, 0.1) is 5.82 Å². The van der Waals surface area contributed by atoms with Gasteiger partial charge in [-0.25, -0.2) is 4.39 Å². The van der Waals surface area contributed by atoms with Crippen molar-refractivity contribution in [1.82, 2.24) is 0 Å². The summed E-state index contributed by atoms with van der Waals surface area (Å²) in [4.78, 5) is 30.5. The second kappa shape index (κ2) is 10.4. The van der Waals surface area contributed by atoms with E-state index >= 15 is 0 Å². The molecule has 2 saturated heterocycles. The Kier molecular flexibility index (Phi) is 6.99. The highest BCUT2D eigenvalue weighted by atomic mass is 35.5. The Bertz CT molecular complexity index is 1420. The Morgan fingerprint density at radius 2 is 1.53 bits per heavy atom. The van der Waals surface area contributed by atoms with Gasteiger partial charge in [0.15, 0.2) is 0 Å². The second-order valence-corrected chi connectivity index (χ2v) is 9.53. The van der Waals surface area contributed by atoms with Gasteiger partial charge in [0.05, 0.1) is 36.4 Å². The number of rotatable bonds is 6. The van der Waals surface area contributed by atoms with E-state index in [0.29, 0.717) is 17.0 Å². The van der Waals surface area contributed by atoms with Gasteiger partial charge >= 0.3 is 0 Å². The first-order valence-corrected chi connectivity index (χ1v) is 12.5. The molecule has 5 rings (SSSR count). The van der Waals surface area contributed by atoms with Crippen LogP contribution in [0.2, 0.25) is 5.02 Å². The van der Waals surface area contributed by atoms with Crippen LogP contribution in [0.1, 0.15) is 30.0 Å². The third-order valence-corrected chi connectivity index (χ3v) is 7.25. The maximum Gasteiger partial charge on any atom is 0.300 e. The molecule has 2 fully saturated rings. The highest BCUT2D eigenvalue weighted by Crippen LogP contribution is 2.45. The van der Waals surface area contributed by atoms with Crippen molar-refractivity contribution in [3.05, 3.63) is 88.2 Å². The lowest BCUT2D eigenvalue weighted by Gasteiger charge is -2.26. The van der Waals surface area contributed by atoms with Crippen molar-refractivity contribution >= 4 is 40.4 Å². The van der Waals surface area contributed by atoms with Gasteiger partial charge in [0, 0.05) is 30.5 Å². The number of hydrogen-bond acceptors (Lipinski definition) is 6. The fraction of sp³-hybridized carbons (Fsp3) is 0.241. The van der Waals surface area contributed by atoms with E-state index in [1.807, 2.05) is 12.1 Å². The summed E-state index contributed by atoms with van der Waals surface area (Å²) in [6.45, 7) is 1.93. The number of nitrogens with zero attached hydrogens (tertiary/aromatic N) is 2. The lowest BCUT2D eigenvalue weighted by molar-refractivity contribution is -0.132. The minimum Gasteiger partial charge on any atom is -0.507 e. The van der Waals surface area contributed by atoms with E-state index in [4.69, 9.17) is 21.1 Å². The molecule has 38 heavy (non-hydrogen) atoms. The van der Waals surface area contributed by atoms with Gasteiger partial charge in [-0.2, -0.15) is 0 Å². The van der Waals surface area contributed by atoms with Gasteiger partial charge in [0.1, 0.15) is 23.1 Å². The summed E-state index contributed by atoms with van der Waals surface area (Å²) in [5.41, 5.74) is 1.91. The van der Waals surface area contributed by atoms with Crippen molar-refractivity contribution in [2.45, 2.75) is 18.9 Å². The van der Waals surface area contributed by atoms with Gasteiger partial charge in [-0.05, 0) is 60.9 Å². The summed E-state index contributed by atoms with van der Waals surface area (Å²) in [5.74, 6) is -2.11. The standard InChI is InChI=1S/C29H26ClFN2O5/c1-37-23-16-24(38-2)22(30)15-21(23)27(34)25-26(17-5-7-18(31)8-6-17)33(29(36)28(25)35)20-11-9-19(10-12-20)32-13-3-4-14-32/h5-12,15-16,26,34H,3-4,13-14H2,1-2H3/b27-25+. The van der Waals surface area contributed by atoms with Crippen LogP contribution in [0.4, 0.5) is 15.8 Å². The molecule has 0 aliphatic carbocycles. The van der Waals surface area contributed by atoms with Crippen LogP contribution in [0.3, 0.4) is 0 Å². The SMILES string of the molecule is COc1cc(OC)c(/C(O)=C2\C(=O)C(=O)N(c3ccc(N4CCCC4)cc3)C2c2ccc(F)cc2)cc1Cl. The van der Waals surface area contributed by atoms with Crippen LogP contribution in [0.25, 0.3) is 5.76 Å². The topological polar surface area (TPSA) is 79.3 Å². The summed E-state index contributed by atoms with van der Waals surface area (Å²) in [6.07, 6.45) is 2.25. The molecule has 3 aromatic rings. The van der Waals surface area contributed by atoms with Crippen LogP contribution >= 0.6 is 11.6 Å². The molecular weight excluding hydrogens is 511 g/mol. The number of carbonyl (C=O) groups excluding carboxylic acids is 2. The number of aliphatic hydroxyl groups excluding tert-OH is 1. The summed E-state index contributed by atoms with van der Waals surface area (Å²) in [7, 11) is 2.84. The molecule has 0 saturated carbocycles. The fourth-order valence-corrected chi connectivity index (χ4v) is 5.29. The van der Waals surface area contributed by atoms with Gasteiger partial charge in [-0.1, -0.05) is 23.7 Å². The Hall–Kier alpha value is -4.04. The van der Waals surface area contributed by atoms with E-state index < -0.39 is 29.3 Å². The smallest absolute Gasteiger partial charge is 0.300 e. The first-order valence-electron chi connectivity index (χ1n) is 12.2. The Labute approximate surface area is 224 Å². The number of ether oxygens (including phenoxy) is 2. The van der Waals surface area contributed by atoms with Crippen LogP contribution in [-0.2, 0) is 9.59 Å². The summed E-state index contributed by atoms with van der Waals surface area (Å²) in [6, 6.07) is 14.7. The molecular formula is C29H26ClFN2O5. The zero-order valence-corrected chi connectivity index (χ0v) is 21.7. The van der Waals surface area contributed by atoms with Crippen molar-refractivity contribution in [3.63, 3.8) is 0 Å². The van der Waals surface area contributed by atoms with E-state index in [0.717, 1.165) is 31.6 Å². The number of methoxy groups -OCH3 is 2. The number of benzene rings is 3. The Morgan fingerprint density at radius 1 is 0.921 bits per heavy atom. The van der Waals surface area contributed by atoms with Crippen LogP contribution in [0.5, 0.6) is 11.5 Å². The Morgan fingerprint density at radius 3 is 2.13 bits per heavy atom. The van der Waals surface area contributed by atoms with E-state index in [1.54, 1.807) is 12.1 Å². The molecule has 2 aliphatic rings. The molecule has 0 bridgehead atoms. The van der Waals surface area contributed by atoms with E-state index in [9.17, 15) is 19.1 Å². The molecule has 0 radical (unpaired) electrons. The maximum atomic E-state index is 13.8. The molecule has 1 atom stereocenters. The fourth-order valence-electron chi connectivity index (χ4n) is 5.05. The van der Waals surface area contributed by atoms with Crippen LogP contribution in [-0.4, -0.2) is 44.1 Å². The number of carbonyl (C=O) groups is 2. The van der Waals surface area contributed by atoms with E-state index in [1.165, 1.54) is 55.5 Å². The molecule has 7 nitrogen and oxygen atoms in total. The number of amides is 1. The molecule has 1 amide bonds. The molecule has 196 valence electrons. The lowest BCUT2D eigenvalue weighted by atomic mass is 9.94. The minimum absolute atomic E-state index is 0.118. The molecule has 3 aromatic carbocycles. The van der Waals surface area contributed by atoms with E-state index in [-0.39, 0.29) is 21.9 Å². The van der Waals surface area contributed by atoms with Crippen molar-refractivity contribution in [3.8, 4) is 11.5 Å². The summed E-state index contributed by atoms with van der Waals surface area (Å²) in [5, 5.41) is 11.6. The monoisotopic (exact) mass is 536 g/mol. The van der Waals surface area contributed by atoms with Gasteiger partial charge in [-0.3, -0.25) is 14.5 Å².